The Hall–Kier alpha value is -3.53. The standard InChI is InChI=1S/C23H25F2N5O3/c1-32-14-10-15(20-19(11-14)27-21(29-23(26)31)22(28-20)33-2)13-6-8-30(9-7-13)12-16-17(24)4-3-5-18(16)25/h3-5,10-11,13H,6-9,12H2,1-2H3,(H3,26,27,29,31). The van der Waals surface area contributed by atoms with Crippen LogP contribution in [0, 0.1) is 11.6 Å². The van der Waals surface area contributed by atoms with Gasteiger partial charge < -0.3 is 15.2 Å². The van der Waals surface area contributed by atoms with Crippen LogP contribution >= 0.6 is 0 Å². The fraction of sp³-hybridized carbons (Fsp3) is 0.348. The maximum Gasteiger partial charge on any atom is 0.317 e. The number of primary amides is 1. The van der Waals surface area contributed by atoms with Crippen molar-refractivity contribution in [3.8, 4) is 11.6 Å². The number of anilines is 1. The summed E-state index contributed by atoms with van der Waals surface area (Å²) < 4.78 is 38.9. The highest BCUT2D eigenvalue weighted by molar-refractivity contribution is 5.90. The molecule has 2 amide bonds. The Balaban J connectivity index is 1.61. The summed E-state index contributed by atoms with van der Waals surface area (Å²) in [6.07, 6.45) is 1.53. The van der Waals surface area contributed by atoms with Crippen LogP contribution in [0.25, 0.3) is 11.0 Å². The summed E-state index contributed by atoms with van der Waals surface area (Å²) in [6.45, 7) is 1.56. The Morgan fingerprint density at radius 2 is 1.85 bits per heavy atom. The van der Waals surface area contributed by atoms with Gasteiger partial charge >= 0.3 is 6.03 Å². The third-order valence-corrected chi connectivity index (χ3v) is 5.88. The molecule has 33 heavy (non-hydrogen) atoms. The average Bonchev–Trinajstić information content (AvgIpc) is 2.80. The number of nitrogens with two attached hydrogens (primary N) is 1. The second kappa shape index (κ2) is 9.53. The SMILES string of the molecule is COc1cc(C2CCN(Cc3c(F)cccc3F)CC2)c2nc(OC)c(NC(N)=O)nc2c1. The molecule has 1 saturated heterocycles. The first kappa shape index (κ1) is 22.7. The number of carbonyl (C=O) groups excluding carboxylic acids is 1. The van der Waals surface area contributed by atoms with Gasteiger partial charge in [-0.1, -0.05) is 6.07 Å². The highest BCUT2D eigenvalue weighted by atomic mass is 19.1. The third kappa shape index (κ3) is 4.80. The van der Waals surface area contributed by atoms with Crippen molar-refractivity contribution in [3.63, 3.8) is 0 Å². The van der Waals surface area contributed by atoms with Crippen LogP contribution in [0.4, 0.5) is 19.4 Å². The highest BCUT2D eigenvalue weighted by Crippen LogP contribution is 2.37. The second-order valence-electron chi connectivity index (χ2n) is 7.91. The van der Waals surface area contributed by atoms with E-state index in [0.29, 0.717) is 29.9 Å². The van der Waals surface area contributed by atoms with E-state index in [1.165, 1.54) is 25.3 Å². The van der Waals surface area contributed by atoms with E-state index in [2.05, 4.69) is 15.3 Å². The molecular weight excluding hydrogens is 432 g/mol. The molecule has 3 N–H and O–H groups in total. The topological polar surface area (TPSA) is 103 Å². The molecule has 1 aromatic heterocycles. The second-order valence-corrected chi connectivity index (χ2v) is 7.91. The molecule has 0 bridgehead atoms. The Kier molecular flexibility index (Phi) is 6.55. The number of fused-ring (bicyclic) bond motifs is 1. The number of halogens is 2. The Morgan fingerprint density at radius 3 is 2.45 bits per heavy atom. The lowest BCUT2D eigenvalue weighted by Gasteiger charge is -2.32. The van der Waals surface area contributed by atoms with Crippen LogP contribution in [-0.4, -0.2) is 48.2 Å². The number of nitrogens with zero attached hydrogens (tertiary/aromatic N) is 3. The minimum Gasteiger partial charge on any atom is -0.497 e. The summed E-state index contributed by atoms with van der Waals surface area (Å²) in [5.41, 5.74) is 7.44. The smallest absolute Gasteiger partial charge is 0.317 e. The van der Waals surface area contributed by atoms with Crippen LogP contribution in [0.15, 0.2) is 30.3 Å². The summed E-state index contributed by atoms with van der Waals surface area (Å²) in [5.74, 6) is -0.0351. The number of aromatic nitrogens is 2. The molecule has 2 aromatic carbocycles. The van der Waals surface area contributed by atoms with E-state index < -0.39 is 17.7 Å². The molecule has 0 spiro atoms. The van der Waals surface area contributed by atoms with Crippen molar-refractivity contribution in [1.82, 2.24) is 14.9 Å². The fourth-order valence-electron chi connectivity index (χ4n) is 4.22. The lowest BCUT2D eigenvalue weighted by molar-refractivity contribution is 0.200. The lowest BCUT2D eigenvalue weighted by Crippen LogP contribution is -2.33. The van der Waals surface area contributed by atoms with Gasteiger partial charge in [-0.2, -0.15) is 0 Å². The first-order valence-corrected chi connectivity index (χ1v) is 10.5. The average molecular weight is 457 g/mol. The normalized spacial score (nSPS) is 14.9. The predicted molar refractivity (Wildman–Crippen MR) is 119 cm³/mol. The van der Waals surface area contributed by atoms with Gasteiger partial charge in [0.25, 0.3) is 5.88 Å². The Morgan fingerprint density at radius 1 is 1.15 bits per heavy atom. The molecule has 0 atom stereocenters. The highest BCUT2D eigenvalue weighted by Gasteiger charge is 2.26. The molecule has 10 heteroatoms. The van der Waals surface area contributed by atoms with Crippen molar-refractivity contribution in [3.05, 3.63) is 53.1 Å². The number of piperidine rings is 1. The maximum atomic E-state index is 14.0. The molecule has 1 fully saturated rings. The number of benzene rings is 2. The van der Waals surface area contributed by atoms with Crippen LogP contribution in [0.1, 0.15) is 29.9 Å². The van der Waals surface area contributed by atoms with Crippen LogP contribution < -0.4 is 20.5 Å². The van der Waals surface area contributed by atoms with Gasteiger partial charge in [-0.3, -0.25) is 10.2 Å². The maximum absolute atomic E-state index is 14.0. The summed E-state index contributed by atoms with van der Waals surface area (Å²) in [6, 6.07) is 6.81. The zero-order valence-electron chi connectivity index (χ0n) is 18.4. The van der Waals surface area contributed by atoms with E-state index in [1.54, 1.807) is 13.2 Å². The molecule has 4 rings (SSSR count). The largest absolute Gasteiger partial charge is 0.497 e. The van der Waals surface area contributed by atoms with Gasteiger partial charge in [0.2, 0.25) is 0 Å². The fourth-order valence-corrected chi connectivity index (χ4v) is 4.22. The Labute approximate surface area is 189 Å². The number of carbonyl (C=O) groups is 1. The van der Waals surface area contributed by atoms with Gasteiger partial charge in [0, 0.05) is 18.2 Å². The van der Waals surface area contributed by atoms with Gasteiger partial charge in [0.05, 0.1) is 25.3 Å². The zero-order chi connectivity index (χ0) is 23.5. The number of amides is 2. The molecule has 0 unspecified atom stereocenters. The van der Waals surface area contributed by atoms with Crippen molar-refractivity contribution in [2.75, 3.05) is 32.6 Å². The molecular formula is C23H25F2N5O3. The van der Waals surface area contributed by atoms with Crippen LogP contribution in [0.2, 0.25) is 0 Å². The summed E-state index contributed by atoms with van der Waals surface area (Å²) >= 11 is 0. The summed E-state index contributed by atoms with van der Waals surface area (Å²) in [4.78, 5) is 22.4. The van der Waals surface area contributed by atoms with Gasteiger partial charge in [-0.15, -0.1) is 0 Å². The molecule has 2 heterocycles. The molecule has 3 aromatic rings. The van der Waals surface area contributed by atoms with E-state index in [4.69, 9.17) is 15.2 Å². The van der Waals surface area contributed by atoms with Gasteiger partial charge in [0.1, 0.15) is 17.4 Å². The molecule has 0 saturated carbocycles. The minimum atomic E-state index is -0.774. The monoisotopic (exact) mass is 457 g/mol. The first-order chi connectivity index (χ1) is 15.9. The first-order valence-electron chi connectivity index (χ1n) is 10.5. The number of nitrogens with one attached hydrogen (secondary N) is 1. The number of rotatable bonds is 6. The summed E-state index contributed by atoms with van der Waals surface area (Å²) in [7, 11) is 3.00. The van der Waals surface area contributed by atoms with Gasteiger partial charge in [-0.25, -0.2) is 23.5 Å². The molecule has 0 aliphatic carbocycles. The van der Waals surface area contributed by atoms with E-state index >= 15 is 0 Å². The minimum absolute atomic E-state index is 0.0906. The molecule has 1 aliphatic rings. The van der Waals surface area contributed by atoms with Crippen molar-refractivity contribution < 1.29 is 23.0 Å². The molecule has 1 aliphatic heterocycles. The van der Waals surface area contributed by atoms with Crippen LogP contribution in [0.3, 0.4) is 0 Å². The van der Waals surface area contributed by atoms with Crippen molar-refractivity contribution in [2.24, 2.45) is 5.73 Å². The summed E-state index contributed by atoms with van der Waals surface area (Å²) in [5, 5.41) is 2.42. The van der Waals surface area contributed by atoms with Crippen molar-refractivity contribution >= 4 is 22.9 Å². The number of methoxy groups -OCH3 is 2. The quantitative estimate of drug-likeness (QED) is 0.584. The molecule has 0 radical (unpaired) electrons. The molecule has 174 valence electrons. The van der Waals surface area contributed by atoms with Crippen LogP contribution in [0.5, 0.6) is 11.6 Å². The van der Waals surface area contributed by atoms with Gasteiger partial charge in [-0.05, 0) is 55.6 Å². The van der Waals surface area contributed by atoms with Crippen molar-refractivity contribution in [1.29, 1.82) is 0 Å². The van der Waals surface area contributed by atoms with E-state index in [-0.39, 0.29) is 29.7 Å². The van der Waals surface area contributed by atoms with E-state index in [1.807, 2.05) is 11.0 Å². The zero-order valence-corrected chi connectivity index (χ0v) is 18.4. The number of hydrogen-bond acceptors (Lipinski definition) is 6. The number of urea groups is 1. The van der Waals surface area contributed by atoms with E-state index in [0.717, 1.165) is 18.4 Å². The number of likely N-dealkylation sites (tertiary alicyclic amines) is 1. The third-order valence-electron chi connectivity index (χ3n) is 5.88. The van der Waals surface area contributed by atoms with Crippen molar-refractivity contribution in [2.45, 2.75) is 25.3 Å². The Bertz CT molecular complexity index is 1160. The van der Waals surface area contributed by atoms with Crippen LogP contribution in [-0.2, 0) is 6.54 Å². The molecule has 8 nitrogen and oxygen atoms in total. The predicted octanol–water partition coefficient (Wildman–Crippen LogP) is 3.80. The number of ether oxygens (including phenoxy) is 2. The van der Waals surface area contributed by atoms with Gasteiger partial charge in [0.15, 0.2) is 5.82 Å². The van der Waals surface area contributed by atoms with E-state index in [9.17, 15) is 13.6 Å². The number of hydrogen-bond donors (Lipinski definition) is 2. The lowest BCUT2D eigenvalue weighted by atomic mass is 9.88.